The van der Waals surface area contributed by atoms with Gasteiger partial charge in [0.2, 0.25) is 11.2 Å². The number of fused-ring (bicyclic) bond motifs is 1. The van der Waals surface area contributed by atoms with E-state index in [0.717, 1.165) is 16.9 Å². The summed E-state index contributed by atoms with van der Waals surface area (Å²) in [7, 11) is -4.94. The summed E-state index contributed by atoms with van der Waals surface area (Å²) in [4.78, 5) is 13.6. The maximum Gasteiger partial charge on any atom is 0.289 e. The molecular formula is C17H18ClF2N5O9. The van der Waals surface area contributed by atoms with E-state index in [2.05, 4.69) is 9.97 Å². The SMILES string of the molecule is Nc1c2ncn([C@@H]3O[C@H](CO)[C@@H](O)[C@H]3O)c2nc[n+]1OCc1c(F)cccc1F.[O-][Cl+3]([O-])([O-])[O-]. The number of imidazole rings is 1. The van der Waals surface area contributed by atoms with Gasteiger partial charge in [0.25, 0.3) is 12.1 Å². The maximum atomic E-state index is 13.7. The Kier molecular flexibility index (Phi) is 7.76. The largest absolute Gasteiger partial charge is 0.394 e. The van der Waals surface area contributed by atoms with Crippen LogP contribution in [-0.2, 0) is 11.3 Å². The quantitative estimate of drug-likeness (QED) is 0.235. The van der Waals surface area contributed by atoms with Crippen molar-refractivity contribution in [2.24, 2.45) is 0 Å². The number of hydrogen-bond acceptors (Lipinski definition) is 12. The molecule has 1 aliphatic rings. The van der Waals surface area contributed by atoms with Gasteiger partial charge in [-0.2, -0.15) is 0 Å². The lowest BCUT2D eigenvalue weighted by Crippen LogP contribution is -2.68. The van der Waals surface area contributed by atoms with Crippen molar-refractivity contribution >= 4 is 17.0 Å². The molecule has 0 unspecified atom stereocenters. The zero-order chi connectivity index (χ0) is 25.2. The summed E-state index contributed by atoms with van der Waals surface area (Å²) >= 11 is 0. The summed E-state index contributed by atoms with van der Waals surface area (Å²) < 4.78 is 69.3. The van der Waals surface area contributed by atoms with Crippen LogP contribution in [-0.4, -0.2) is 54.8 Å². The number of nitrogens with two attached hydrogens (primary N) is 1. The topological polar surface area (TPSA) is 232 Å². The normalized spacial score (nSPS) is 22.5. The Hall–Kier alpha value is -2.80. The van der Waals surface area contributed by atoms with Gasteiger partial charge >= 0.3 is 0 Å². The average molecular weight is 510 g/mol. The van der Waals surface area contributed by atoms with Gasteiger partial charge < -0.3 is 30.6 Å². The third-order valence-corrected chi connectivity index (χ3v) is 4.73. The molecule has 1 saturated heterocycles. The molecule has 0 bridgehead atoms. The average Bonchev–Trinajstić information content (AvgIpc) is 3.29. The van der Waals surface area contributed by atoms with Gasteiger partial charge in [0.1, 0.15) is 36.3 Å². The fraction of sp³-hybridized carbons (Fsp3) is 0.353. The highest BCUT2D eigenvalue weighted by molar-refractivity contribution is 5.79. The Balaban J connectivity index is 0.000000588. The smallest absolute Gasteiger partial charge is 0.289 e. The first-order chi connectivity index (χ1) is 15.9. The first-order valence-corrected chi connectivity index (χ1v) is 10.5. The van der Waals surface area contributed by atoms with Gasteiger partial charge in [0.05, 0.1) is 12.2 Å². The molecule has 0 radical (unpaired) electrons. The van der Waals surface area contributed by atoms with Crippen LogP contribution in [0.25, 0.3) is 11.2 Å². The molecule has 186 valence electrons. The third-order valence-electron chi connectivity index (χ3n) is 4.73. The van der Waals surface area contributed by atoms with Crippen LogP contribution in [0.2, 0.25) is 0 Å². The number of anilines is 1. The van der Waals surface area contributed by atoms with Crippen molar-refractivity contribution in [2.75, 3.05) is 12.3 Å². The van der Waals surface area contributed by atoms with E-state index in [4.69, 9.17) is 33.9 Å². The highest BCUT2D eigenvalue weighted by atomic mass is 35.7. The van der Waals surface area contributed by atoms with Crippen molar-refractivity contribution in [3.05, 3.63) is 48.1 Å². The second-order valence-electron chi connectivity index (χ2n) is 6.86. The molecule has 34 heavy (non-hydrogen) atoms. The van der Waals surface area contributed by atoms with Crippen LogP contribution in [0.15, 0.2) is 30.9 Å². The molecule has 2 aromatic heterocycles. The Morgan fingerprint density at radius 1 is 1.15 bits per heavy atom. The van der Waals surface area contributed by atoms with Gasteiger partial charge in [0.15, 0.2) is 12.8 Å². The fourth-order valence-corrected chi connectivity index (χ4v) is 3.14. The third kappa shape index (κ3) is 5.63. The van der Waals surface area contributed by atoms with E-state index in [1.807, 2.05) is 0 Å². The van der Waals surface area contributed by atoms with Crippen molar-refractivity contribution in [3.63, 3.8) is 0 Å². The van der Waals surface area contributed by atoms with Crippen LogP contribution >= 0.6 is 0 Å². The zero-order valence-electron chi connectivity index (χ0n) is 16.9. The number of aliphatic hydroxyl groups is 3. The van der Waals surface area contributed by atoms with Crippen molar-refractivity contribution in [1.29, 1.82) is 0 Å². The Labute approximate surface area is 191 Å². The first-order valence-electron chi connectivity index (χ1n) is 9.25. The molecule has 3 aromatic rings. The van der Waals surface area contributed by atoms with E-state index in [0.29, 0.717) is 0 Å². The van der Waals surface area contributed by atoms with Gasteiger partial charge in [-0.15, -0.1) is 10.2 Å². The molecule has 0 aliphatic carbocycles. The van der Waals surface area contributed by atoms with Crippen molar-refractivity contribution in [3.8, 4) is 0 Å². The van der Waals surface area contributed by atoms with Gasteiger partial charge in [0, 0.05) is 0 Å². The predicted octanol–water partition coefficient (Wildman–Crippen LogP) is -5.94. The molecule has 0 saturated carbocycles. The first kappa shape index (κ1) is 25.8. The summed E-state index contributed by atoms with van der Waals surface area (Å²) in [6.45, 7) is -0.909. The highest BCUT2D eigenvalue weighted by Crippen LogP contribution is 2.31. The molecule has 0 amide bonds. The summed E-state index contributed by atoms with van der Waals surface area (Å²) in [6, 6.07) is 3.47. The van der Waals surface area contributed by atoms with E-state index in [9.17, 15) is 24.1 Å². The number of rotatable bonds is 5. The summed E-state index contributed by atoms with van der Waals surface area (Å²) in [5.41, 5.74) is 6.16. The Bertz CT molecular complexity index is 1120. The number of aliphatic hydroxyl groups excluding tert-OH is 3. The fourth-order valence-electron chi connectivity index (χ4n) is 3.14. The second-order valence-corrected chi connectivity index (χ2v) is 7.62. The minimum absolute atomic E-state index is 0.00255. The molecular weight excluding hydrogens is 492 g/mol. The lowest BCUT2D eigenvalue weighted by Gasteiger charge is -2.17. The number of nitrogen functional groups attached to an aromatic ring is 1. The van der Waals surface area contributed by atoms with Gasteiger partial charge in [-0.3, -0.25) is 4.57 Å². The van der Waals surface area contributed by atoms with Gasteiger partial charge in [-0.25, -0.2) is 32.4 Å². The minimum atomic E-state index is -4.94. The van der Waals surface area contributed by atoms with Crippen LogP contribution in [0.5, 0.6) is 0 Å². The number of benzene rings is 1. The van der Waals surface area contributed by atoms with E-state index in [1.54, 1.807) is 0 Å². The van der Waals surface area contributed by atoms with E-state index in [1.165, 1.54) is 23.3 Å². The molecule has 3 heterocycles. The Morgan fingerprint density at radius 2 is 1.76 bits per heavy atom. The maximum absolute atomic E-state index is 13.7. The second kappa shape index (κ2) is 10.2. The Morgan fingerprint density at radius 3 is 2.32 bits per heavy atom. The number of hydrogen-bond donors (Lipinski definition) is 4. The van der Waals surface area contributed by atoms with E-state index < -0.39 is 59.6 Å². The number of halogens is 3. The molecule has 5 N–H and O–H groups in total. The minimum Gasteiger partial charge on any atom is -0.394 e. The molecule has 14 nitrogen and oxygen atoms in total. The van der Waals surface area contributed by atoms with Crippen molar-refractivity contribution in [2.45, 2.75) is 31.1 Å². The van der Waals surface area contributed by atoms with E-state index in [-0.39, 0.29) is 22.5 Å². The number of aromatic nitrogens is 4. The van der Waals surface area contributed by atoms with Crippen LogP contribution in [0, 0.1) is 21.9 Å². The lowest BCUT2D eigenvalue weighted by molar-refractivity contribution is -2.00. The predicted molar refractivity (Wildman–Crippen MR) is 91.8 cm³/mol. The number of nitrogens with zero attached hydrogens (tertiary/aromatic N) is 4. The molecule has 17 heteroatoms. The van der Waals surface area contributed by atoms with Crippen molar-refractivity contribution in [1.82, 2.24) is 14.5 Å². The van der Waals surface area contributed by atoms with Gasteiger partial charge in [-0.1, -0.05) is 15.8 Å². The highest BCUT2D eigenvalue weighted by Gasteiger charge is 2.44. The van der Waals surface area contributed by atoms with Gasteiger partial charge in [-0.05, 0) is 12.1 Å². The van der Waals surface area contributed by atoms with E-state index >= 15 is 0 Å². The monoisotopic (exact) mass is 509 g/mol. The molecule has 4 atom stereocenters. The summed E-state index contributed by atoms with van der Waals surface area (Å²) in [6.07, 6.45) is -2.13. The molecule has 1 aliphatic heterocycles. The molecule has 1 fully saturated rings. The summed E-state index contributed by atoms with van der Waals surface area (Å²) in [5, 5.41) is 29.3. The lowest BCUT2D eigenvalue weighted by atomic mass is 10.1. The molecule has 0 spiro atoms. The van der Waals surface area contributed by atoms with Crippen molar-refractivity contribution < 1.29 is 67.3 Å². The molecule has 4 rings (SSSR count). The summed E-state index contributed by atoms with van der Waals surface area (Å²) in [5.74, 6) is -1.52. The van der Waals surface area contributed by atoms with Crippen LogP contribution < -0.4 is 33.9 Å². The van der Waals surface area contributed by atoms with Crippen LogP contribution in [0.1, 0.15) is 11.8 Å². The van der Waals surface area contributed by atoms with Crippen LogP contribution in [0.4, 0.5) is 14.6 Å². The number of ether oxygens (including phenoxy) is 1. The molecule has 1 aromatic carbocycles. The standard InChI is InChI=1S/C17H17F2N5O5.ClHO4/c18-9-2-1-3-10(19)8(9)5-28-24-7-22-16-12(15(24)20)21-6-23(16)17-14(27)13(26)11(4-25)29-17;2-1(3,4)5/h1-3,6-7,11,13-14,17,20,25-27H,4-5H2;(H,2,3,4,5)/t11-,13-,14-,17-;/m1./s1. The zero-order valence-corrected chi connectivity index (χ0v) is 17.7. The van der Waals surface area contributed by atoms with Crippen LogP contribution in [0.3, 0.4) is 0 Å².